The van der Waals surface area contributed by atoms with Crippen molar-refractivity contribution in [3.63, 3.8) is 0 Å². The average Bonchev–Trinajstić information content (AvgIpc) is 2.61. The molecule has 0 bridgehead atoms. The van der Waals surface area contributed by atoms with Gasteiger partial charge in [0.25, 0.3) is 0 Å². The van der Waals surface area contributed by atoms with Gasteiger partial charge in [0, 0.05) is 36.4 Å². The Bertz CT molecular complexity index is 932. The van der Waals surface area contributed by atoms with E-state index in [1.165, 1.54) is 12.1 Å². The highest BCUT2D eigenvalue weighted by Gasteiger charge is 2.33. The summed E-state index contributed by atoms with van der Waals surface area (Å²) in [6.07, 6.45) is -1.17. The summed E-state index contributed by atoms with van der Waals surface area (Å²) in [5.74, 6) is 0.731. The van der Waals surface area contributed by atoms with Gasteiger partial charge >= 0.3 is 6.18 Å². The standard InChI is InChI=1S/C18H15ClF3N5/c1-11-8-16(24-10-12-4-6-23-7-5-12)27-17(25-11)26-13-2-3-15(19)14(9-13)18(20,21)22/h2-9H,10H2,1H3,(H2,24,25,26,27). The zero-order valence-corrected chi connectivity index (χ0v) is 14.9. The monoisotopic (exact) mass is 393 g/mol. The number of hydrogen-bond acceptors (Lipinski definition) is 5. The summed E-state index contributed by atoms with van der Waals surface area (Å²) in [4.78, 5) is 12.5. The second-order valence-electron chi connectivity index (χ2n) is 5.74. The summed E-state index contributed by atoms with van der Waals surface area (Å²) < 4.78 is 39.0. The van der Waals surface area contributed by atoms with Crippen LogP contribution >= 0.6 is 11.6 Å². The summed E-state index contributed by atoms with van der Waals surface area (Å²) in [6, 6.07) is 9.03. The van der Waals surface area contributed by atoms with Crippen molar-refractivity contribution < 1.29 is 13.2 Å². The molecule has 5 nitrogen and oxygen atoms in total. The minimum absolute atomic E-state index is 0.183. The van der Waals surface area contributed by atoms with Gasteiger partial charge in [0.15, 0.2) is 0 Å². The number of pyridine rings is 1. The normalized spacial score (nSPS) is 11.3. The van der Waals surface area contributed by atoms with E-state index in [0.717, 1.165) is 11.6 Å². The summed E-state index contributed by atoms with van der Waals surface area (Å²) >= 11 is 5.64. The lowest BCUT2D eigenvalue weighted by Gasteiger charge is -2.13. The smallest absolute Gasteiger partial charge is 0.366 e. The minimum Gasteiger partial charge on any atom is -0.366 e. The van der Waals surface area contributed by atoms with E-state index in [4.69, 9.17) is 11.6 Å². The highest BCUT2D eigenvalue weighted by molar-refractivity contribution is 6.31. The van der Waals surface area contributed by atoms with Gasteiger partial charge in [-0.05, 0) is 42.8 Å². The maximum atomic E-state index is 13.0. The van der Waals surface area contributed by atoms with Gasteiger partial charge in [0.2, 0.25) is 5.95 Å². The van der Waals surface area contributed by atoms with Crippen LogP contribution in [0.1, 0.15) is 16.8 Å². The molecule has 0 saturated carbocycles. The summed E-state index contributed by atoms with van der Waals surface area (Å²) in [6.45, 7) is 2.30. The van der Waals surface area contributed by atoms with E-state index in [9.17, 15) is 13.2 Å². The van der Waals surface area contributed by atoms with Crippen molar-refractivity contribution >= 4 is 29.1 Å². The van der Waals surface area contributed by atoms with E-state index < -0.39 is 11.7 Å². The van der Waals surface area contributed by atoms with Crippen molar-refractivity contribution in [1.29, 1.82) is 0 Å². The number of anilines is 3. The Morgan fingerprint density at radius 2 is 1.78 bits per heavy atom. The molecule has 0 atom stereocenters. The van der Waals surface area contributed by atoms with E-state index >= 15 is 0 Å². The molecule has 0 saturated heterocycles. The molecule has 0 amide bonds. The van der Waals surface area contributed by atoms with Crippen LogP contribution in [-0.2, 0) is 12.7 Å². The molecule has 0 aliphatic carbocycles. The Morgan fingerprint density at radius 1 is 1.04 bits per heavy atom. The largest absolute Gasteiger partial charge is 0.417 e. The minimum atomic E-state index is -4.54. The van der Waals surface area contributed by atoms with Crippen LogP contribution in [-0.4, -0.2) is 15.0 Å². The topological polar surface area (TPSA) is 62.7 Å². The first kappa shape index (κ1) is 18.9. The lowest BCUT2D eigenvalue weighted by Crippen LogP contribution is -2.08. The Balaban J connectivity index is 1.78. The van der Waals surface area contributed by atoms with Crippen LogP contribution in [0.3, 0.4) is 0 Å². The third-order valence-electron chi connectivity index (χ3n) is 3.61. The Hall–Kier alpha value is -2.87. The number of benzene rings is 1. The maximum Gasteiger partial charge on any atom is 0.417 e. The van der Waals surface area contributed by atoms with Crippen LogP contribution in [0.4, 0.5) is 30.6 Å². The predicted molar refractivity (Wildman–Crippen MR) is 98.1 cm³/mol. The molecule has 0 aliphatic heterocycles. The molecule has 140 valence electrons. The predicted octanol–water partition coefficient (Wildman–Crippen LogP) is 5.21. The third-order valence-corrected chi connectivity index (χ3v) is 3.93. The molecule has 9 heteroatoms. The fraction of sp³-hybridized carbons (Fsp3) is 0.167. The highest BCUT2D eigenvalue weighted by Crippen LogP contribution is 2.36. The van der Waals surface area contributed by atoms with Crippen LogP contribution < -0.4 is 10.6 Å². The first-order valence-electron chi connectivity index (χ1n) is 7.93. The third kappa shape index (κ3) is 5.07. The van der Waals surface area contributed by atoms with E-state index in [-0.39, 0.29) is 16.7 Å². The van der Waals surface area contributed by atoms with Gasteiger partial charge < -0.3 is 10.6 Å². The lowest BCUT2D eigenvalue weighted by atomic mass is 10.2. The van der Waals surface area contributed by atoms with Gasteiger partial charge in [-0.15, -0.1) is 0 Å². The molecule has 0 unspecified atom stereocenters. The molecule has 0 aliphatic rings. The number of nitrogens with one attached hydrogen (secondary N) is 2. The molecular formula is C18H15ClF3N5. The van der Waals surface area contributed by atoms with Crippen molar-refractivity contribution in [3.05, 3.63) is 70.6 Å². The van der Waals surface area contributed by atoms with Crippen molar-refractivity contribution in [1.82, 2.24) is 15.0 Å². The maximum absolute atomic E-state index is 13.0. The number of rotatable bonds is 5. The van der Waals surface area contributed by atoms with Gasteiger partial charge in [-0.1, -0.05) is 11.6 Å². The van der Waals surface area contributed by atoms with Crippen molar-refractivity contribution in [3.8, 4) is 0 Å². The van der Waals surface area contributed by atoms with Gasteiger partial charge in [-0.25, -0.2) is 4.98 Å². The van der Waals surface area contributed by atoms with Gasteiger partial charge in [0.1, 0.15) is 5.82 Å². The molecule has 0 radical (unpaired) electrons. The summed E-state index contributed by atoms with van der Waals surface area (Å²) in [7, 11) is 0. The number of halogens is 4. The van der Waals surface area contributed by atoms with Gasteiger partial charge in [-0.2, -0.15) is 18.2 Å². The molecule has 27 heavy (non-hydrogen) atoms. The van der Waals surface area contributed by atoms with Crippen LogP contribution in [0.25, 0.3) is 0 Å². The lowest BCUT2D eigenvalue weighted by molar-refractivity contribution is -0.137. The van der Waals surface area contributed by atoms with E-state index in [0.29, 0.717) is 18.1 Å². The molecule has 2 heterocycles. The van der Waals surface area contributed by atoms with Gasteiger partial charge in [-0.3, -0.25) is 4.98 Å². The summed E-state index contributed by atoms with van der Waals surface area (Å²) in [5.41, 5.74) is 0.952. The van der Waals surface area contributed by atoms with Crippen LogP contribution in [0.2, 0.25) is 5.02 Å². The number of nitrogens with zero attached hydrogens (tertiary/aromatic N) is 3. The Kier molecular flexibility index (Phi) is 5.46. The van der Waals surface area contributed by atoms with Gasteiger partial charge in [0.05, 0.1) is 10.6 Å². The first-order valence-corrected chi connectivity index (χ1v) is 8.31. The second kappa shape index (κ2) is 7.79. The number of aryl methyl sites for hydroxylation is 1. The molecule has 2 N–H and O–H groups in total. The number of alkyl halides is 3. The fourth-order valence-corrected chi connectivity index (χ4v) is 2.58. The van der Waals surface area contributed by atoms with Crippen molar-refractivity contribution in [2.24, 2.45) is 0 Å². The average molecular weight is 394 g/mol. The number of hydrogen-bond donors (Lipinski definition) is 2. The van der Waals surface area contributed by atoms with E-state index in [1.807, 2.05) is 12.1 Å². The van der Waals surface area contributed by atoms with Crippen LogP contribution in [0.15, 0.2) is 48.8 Å². The summed E-state index contributed by atoms with van der Waals surface area (Å²) in [5, 5.41) is 5.58. The Morgan fingerprint density at radius 3 is 2.48 bits per heavy atom. The number of aromatic nitrogens is 3. The zero-order valence-electron chi connectivity index (χ0n) is 14.2. The first-order chi connectivity index (χ1) is 12.8. The van der Waals surface area contributed by atoms with Crippen LogP contribution in [0.5, 0.6) is 0 Å². The molecule has 0 spiro atoms. The highest BCUT2D eigenvalue weighted by atomic mass is 35.5. The fourth-order valence-electron chi connectivity index (χ4n) is 2.36. The second-order valence-corrected chi connectivity index (χ2v) is 6.15. The molecular weight excluding hydrogens is 379 g/mol. The van der Waals surface area contributed by atoms with E-state index in [2.05, 4.69) is 25.6 Å². The molecule has 2 aromatic heterocycles. The molecule has 0 fully saturated rings. The quantitative estimate of drug-likeness (QED) is 0.623. The SMILES string of the molecule is Cc1cc(NCc2ccncc2)nc(Nc2ccc(Cl)c(C(F)(F)F)c2)n1. The van der Waals surface area contributed by atoms with Crippen molar-refractivity contribution in [2.75, 3.05) is 10.6 Å². The molecule has 3 rings (SSSR count). The van der Waals surface area contributed by atoms with Crippen LogP contribution in [0, 0.1) is 6.92 Å². The Labute approximate surface area is 158 Å². The van der Waals surface area contributed by atoms with Crippen molar-refractivity contribution in [2.45, 2.75) is 19.6 Å². The zero-order chi connectivity index (χ0) is 19.4. The van der Waals surface area contributed by atoms with E-state index in [1.54, 1.807) is 25.4 Å². The molecule has 3 aromatic rings. The molecule has 1 aromatic carbocycles.